The van der Waals surface area contributed by atoms with Gasteiger partial charge in [0.2, 0.25) is 5.91 Å². The van der Waals surface area contributed by atoms with E-state index in [1.807, 2.05) is 14.0 Å². The second-order valence-corrected chi connectivity index (χ2v) is 5.96. The molecule has 4 nitrogen and oxygen atoms in total. The summed E-state index contributed by atoms with van der Waals surface area (Å²) in [5.74, 6) is 0.405. The van der Waals surface area contributed by atoms with Crippen molar-refractivity contribution >= 4 is 28.9 Å². The SMILES string of the molecule is CC(C)C(C)N(C)C(C)C(=O)Nc1ccc(N)cc1Cl. The Kier molecular flexibility index (Phi) is 5.84. The van der Waals surface area contributed by atoms with E-state index in [1.54, 1.807) is 18.2 Å². The Labute approximate surface area is 126 Å². The number of hydrogen-bond acceptors (Lipinski definition) is 3. The van der Waals surface area contributed by atoms with Gasteiger partial charge in [-0.15, -0.1) is 0 Å². The summed E-state index contributed by atoms with van der Waals surface area (Å²) < 4.78 is 0. The Balaban J connectivity index is 2.75. The number of nitrogen functional groups attached to an aromatic ring is 1. The summed E-state index contributed by atoms with van der Waals surface area (Å²) >= 11 is 6.06. The smallest absolute Gasteiger partial charge is 0.241 e. The minimum absolute atomic E-state index is 0.0772. The minimum atomic E-state index is -0.235. The monoisotopic (exact) mass is 297 g/mol. The summed E-state index contributed by atoms with van der Waals surface area (Å²) in [7, 11) is 1.96. The number of benzene rings is 1. The molecule has 2 unspecified atom stereocenters. The van der Waals surface area contributed by atoms with Crippen molar-refractivity contribution in [2.75, 3.05) is 18.1 Å². The maximum atomic E-state index is 12.3. The first-order valence-electron chi connectivity index (χ1n) is 6.81. The van der Waals surface area contributed by atoms with Gasteiger partial charge in [-0.3, -0.25) is 9.69 Å². The normalized spacial score (nSPS) is 14.4. The van der Waals surface area contributed by atoms with Gasteiger partial charge in [0.05, 0.1) is 16.8 Å². The zero-order valence-electron chi connectivity index (χ0n) is 12.8. The third kappa shape index (κ3) is 4.12. The molecule has 20 heavy (non-hydrogen) atoms. The maximum Gasteiger partial charge on any atom is 0.241 e. The van der Waals surface area contributed by atoms with E-state index >= 15 is 0 Å². The second kappa shape index (κ2) is 6.95. The Hall–Kier alpha value is -1.26. The lowest BCUT2D eigenvalue weighted by Crippen LogP contribution is -2.46. The average Bonchev–Trinajstić information content (AvgIpc) is 2.39. The van der Waals surface area contributed by atoms with Crippen molar-refractivity contribution in [3.63, 3.8) is 0 Å². The minimum Gasteiger partial charge on any atom is -0.399 e. The van der Waals surface area contributed by atoms with Gasteiger partial charge in [-0.2, -0.15) is 0 Å². The van der Waals surface area contributed by atoms with E-state index in [-0.39, 0.29) is 11.9 Å². The Bertz CT molecular complexity index is 476. The number of anilines is 2. The molecule has 0 spiro atoms. The van der Waals surface area contributed by atoms with E-state index < -0.39 is 0 Å². The summed E-state index contributed by atoms with van der Waals surface area (Å²) in [6.07, 6.45) is 0. The van der Waals surface area contributed by atoms with E-state index in [0.717, 1.165) is 0 Å². The van der Waals surface area contributed by atoms with Crippen LogP contribution in [-0.2, 0) is 4.79 Å². The molecular weight excluding hydrogens is 274 g/mol. The molecule has 0 aromatic heterocycles. The number of rotatable bonds is 5. The van der Waals surface area contributed by atoms with Crippen molar-refractivity contribution < 1.29 is 4.79 Å². The van der Waals surface area contributed by atoms with Gasteiger partial charge in [-0.05, 0) is 45.0 Å². The first kappa shape index (κ1) is 16.8. The van der Waals surface area contributed by atoms with Crippen LogP contribution in [-0.4, -0.2) is 29.9 Å². The number of nitrogens with zero attached hydrogens (tertiary/aromatic N) is 1. The van der Waals surface area contributed by atoms with E-state index in [2.05, 4.69) is 31.0 Å². The zero-order chi connectivity index (χ0) is 15.4. The van der Waals surface area contributed by atoms with Crippen LogP contribution in [0.15, 0.2) is 18.2 Å². The predicted molar refractivity (Wildman–Crippen MR) is 86.0 cm³/mol. The molecule has 1 aromatic rings. The molecule has 0 radical (unpaired) electrons. The van der Waals surface area contributed by atoms with Crippen LogP contribution in [0.4, 0.5) is 11.4 Å². The van der Waals surface area contributed by atoms with Gasteiger partial charge >= 0.3 is 0 Å². The summed E-state index contributed by atoms with van der Waals surface area (Å²) in [5, 5.41) is 3.29. The molecule has 0 heterocycles. The number of carbonyl (C=O) groups is 1. The lowest BCUT2D eigenvalue weighted by atomic mass is 10.0. The Morgan fingerprint density at radius 3 is 2.40 bits per heavy atom. The molecule has 0 aliphatic heterocycles. The van der Waals surface area contributed by atoms with Crippen molar-refractivity contribution in [2.24, 2.45) is 5.92 Å². The van der Waals surface area contributed by atoms with Crippen LogP contribution in [0.3, 0.4) is 0 Å². The molecule has 0 aliphatic carbocycles. The second-order valence-electron chi connectivity index (χ2n) is 5.55. The highest BCUT2D eigenvalue weighted by atomic mass is 35.5. The van der Waals surface area contributed by atoms with Crippen molar-refractivity contribution in [3.05, 3.63) is 23.2 Å². The van der Waals surface area contributed by atoms with Crippen molar-refractivity contribution in [1.29, 1.82) is 0 Å². The molecular formula is C15H24ClN3O. The van der Waals surface area contributed by atoms with Gasteiger partial charge in [-0.1, -0.05) is 25.4 Å². The van der Waals surface area contributed by atoms with E-state index in [0.29, 0.717) is 28.4 Å². The summed E-state index contributed by atoms with van der Waals surface area (Å²) in [4.78, 5) is 14.3. The van der Waals surface area contributed by atoms with Gasteiger partial charge in [-0.25, -0.2) is 0 Å². The average molecular weight is 298 g/mol. The number of amides is 1. The molecule has 3 N–H and O–H groups in total. The molecule has 5 heteroatoms. The lowest BCUT2D eigenvalue weighted by Gasteiger charge is -2.32. The first-order valence-corrected chi connectivity index (χ1v) is 7.19. The van der Waals surface area contributed by atoms with Crippen LogP contribution >= 0.6 is 11.6 Å². The number of nitrogens with two attached hydrogens (primary N) is 1. The standard InChI is InChI=1S/C15H24ClN3O/c1-9(2)10(3)19(5)11(4)15(20)18-14-7-6-12(17)8-13(14)16/h6-11H,17H2,1-5H3,(H,18,20). The Morgan fingerprint density at radius 2 is 1.90 bits per heavy atom. The zero-order valence-corrected chi connectivity index (χ0v) is 13.5. The van der Waals surface area contributed by atoms with Crippen LogP contribution in [0.5, 0.6) is 0 Å². The van der Waals surface area contributed by atoms with Gasteiger partial charge in [0.1, 0.15) is 0 Å². The van der Waals surface area contributed by atoms with Crippen LogP contribution < -0.4 is 11.1 Å². The molecule has 112 valence electrons. The van der Waals surface area contributed by atoms with E-state index in [4.69, 9.17) is 17.3 Å². The highest BCUT2D eigenvalue weighted by molar-refractivity contribution is 6.34. The molecule has 0 saturated heterocycles. The third-order valence-corrected chi connectivity index (χ3v) is 4.16. The molecule has 2 atom stereocenters. The molecule has 0 saturated carbocycles. The number of carbonyl (C=O) groups excluding carboxylic acids is 1. The van der Waals surface area contributed by atoms with Crippen LogP contribution in [0.25, 0.3) is 0 Å². The quantitative estimate of drug-likeness (QED) is 0.820. The highest BCUT2D eigenvalue weighted by Gasteiger charge is 2.24. The topological polar surface area (TPSA) is 58.4 Å². The summed E-state index contributed by atoms with van der Waals surface area (Å²) in [6.45, 7) is 8.29. The molecule has 0 bridgehead atoms. The van der Waals surface area contributed by atoms with E-state index in [9.17, 15) is 4.79 Å². The highest BCUT2D eigenvalue weighted by Crippen LogP contribution is 2.24. The maximum absolute atomic E-state index is 12.3. The number of nitrogens with one attached hydrogen (secondary N) is 1. The summed E-state index contributed by atoms with van der Waals surface area (Å²) in [5.41, 5.74) is 6.80. The number of halogens is 1. The third-order valence-electron chi connectivity index (χ3n) is 3.85. The largest absolute Gasteiger partial charge is 0.399 e. The first-order chi connectivity index (χ1) is 9.23. The lowest BCUT2D eigenvalue weighted by molar-refractivity contribution is -0.121. The van der Waals surface area contributed by atoms with Crippen LogP contribution in [0, 0.1) is 5.92 Å². The van der Waals surface area contributed by atoms with Gasteiger partial charge < -0.3 is 11.1 Å². The van der Waals surface area contributed by atoms with Crippen molar-refractivity contribution in [1.82, 2.24) is 4.90 Å². The van der Waals surface area contributed by atoms with Gasteiger partial charge in [0.25, 0.3) is 0 Å². The molecule has 0 aliphatic rings. The van der Waals surface area contributed by atoms with Gasteiger partial charge in [0.15, 0.2) is 0 Å². The fourth-order valence-electron chi connectivity index (χ4n) is 1.88. The Morgan fingerprint density at radius 1 is 1.30 bits per heavy atom. The number of hydrogen-bond donors (Lipinski definition) is 2. The van der Waals surface area contributed by atoms with Crippen LogP contribution in [0.1, 0.15) is 27.7 Å². The predicted octanol–water partition coefficient (Wildman–Crippen LogP) is 3.23. The van der Waals surface area contributed by atoms with Crippen molar-refractivity contribution in [3.8, 4) is 0 Å². The molecule has 1 amide bonds. The molecule has 0 fully saturated rings. The molecule has 1 rings (SSSR count). The fourth-order valence-corrected chi connectivity index (χ4v) is 2.11. The fraction of sp³-hybridized carbons (Fsp3) is 0.533. The molecule has 1 aromatic carbocycles. The van der Waals surface area contributed by atoms with E-state index in [1.165, 1.54) is 0 Å². The number of likely N-dealkylation sites (N-methyl/N-ethyl adjacent to an activating group) is 1. The van der Waals surface area contributed by atoms with Crippen LogP contribution in [0.2, 0.25) is 5.02 Å². The van der Waals surface area contributed by atoms with Crippen molar-refractivity contribution in [2.45, 2.75) is 39.8 Å². The summed E-state index contributed by atoms with van der Waals surface area (Å²) in [6, 6.07) is 5.14. The van der Waals surface area contributed by atoms with Gasteiger partial charge in [0, 0.05) is 11.7 Å².